The standard InChI is InChI=1S/C13H21N3O/c1-2-7-15-8-4-6-12(15)13(17)16-9-3-5-11(14)10-16/h4,6,8,11H,2-3,5,7,9-10,14H2,1H3/t11-/m1/s1. The van der Waals surface area contributed by atoms with Crippen LogP contribution < -0.4 is 5.73 Å². The van der Waals surface area contributed by atoms with Crippen molar-refractivity contribution in [1.29, 1.82) is 0 Å². The molecule has 94 valence electrons. The number of carbonyl (C=O) groups excluding carboxylic acids is 1. The molecule has 0 aliphatic carbocycles. The van der Waals surface area contributed by atoms with Gasteiger partial charge in [-0.3, -0.25) is 4.79 Å². The minimum absolute atomic E-state index is 0.124. The van der Waals surface area contributed by atoms with Crippen molar-refractivity contribution in [3.8, 4) is 0 Å². The third-order valence-corrected chi connectivity index (χ3v) is 3.26. The Hall–Kier alpha value is -1.29. The SMILES string of the molecule is CCCn1cccc1C(=O)N1CCC[C@@H](N)C1. The number of aryl methyl sites for hydroxylation is 1. The van der Waals surface area contributed by atoms with E-state index in [0.29, 0.717) is 6.54 Å². The van der Waals surface area contributed by atoms with Crippen molar-refractivity contribution in [2.24, 2.45) is 5.73 Å². The van der Waals surface area contributed by atoms with Gasteiger partial charge in [0, 0.05) is 31.9 Å². The molecule has 2 N–H and O–H groups in total. The van der Waals surface area contributed by atoms with Gasteiger partial charge in [0.1, 0.15) is 5.69 Å². The molecule has 0 bridgehead atoms. The van der Waals surface area contributed by atoms with Gasteiger partial charge in [-0.1, -0.05) is 6.92 Å². The Bertz CT molecular complexity index is 386. The van der Waals surface area contributed by atoms with Crippen molar-refractivity contribution in [3.63, 3.8) is 0 Å². The van der Waals surface area contributed by atoms with Crippen LogP contribution in [-0.4, -0.2) is 34.5 Å². The first-order valence-corrected chi connectivity index (χ1v) is 6.42. The van der Waals surface area contributed by atoms with E-state index in [1.165, 1.54) is 0 Å². The number of nitrogens with zero attached hydrogens (tertiary/aromatic N) is 2. The van der Waals surface area contributed by atoms with Crippen molar-refractivity contribution in [1.82, 2.24) is 9.47 Å². The molecule has 2 rings (SSSR count). The van der Waals surface area contributed by atoms with Gasteiger partial charge in [0.15, 0.2) is 0 Å². The van der Waals surface area contributed by atoms with Crippen molar-refractivity contribution >= 4 is 5.91 Å². The molecule has 0 aromatic carbocycles. The van der Waals surface area contributed by atoms with E-state index in [2.05, 4.69) is 6.92 Å². The van der Waals surface area contributed by atoms with Crippen molar-refractivity contribution in [2.75, 3.05) is 13.1 Å². The van der Waals surface area contributed by atoms with E-state index in [0.717, 1.165) is 38.0 Å². The third-order valence-electron chi connectivity index (χ3n) is 3.26. The largest absolute Gasteiger partial charge is 0.344 e. The molecule has 1 fully saturated rings. The van der Waals surface area contributed by atoms with Crippen LogP contribution in [0.2, 0.25) is 0 Å². The van der Waals surface area contributed by atoms with Gasteiger partial charge in [0.25, 0.3) is 5.91 Å². The first-order valence-electron chi connectivity index (χ1n) is 6.42. The zero-order chi connectivity index (χ0) is 12.3. The van der Waals surface area contributed by atoms with Gasteiger partial charge in [-0.25, -0.2) is 0 Å². The van der Waals surface area contributed by atoms with Gasteiger partial charge in [-0.2, -0.15) is 0 Å². The maximum absolute atomic E-state index is 12.4. The molecule has 0 saturated carbocycles. The van der Waals surface area contributed by atoms with Crippen LogP contribution in [0, 0.1) is 0 Å². The Labute approximate surface area is 102 Å². The van der Waals surface area contributed by atoms with E-state index in [-0.39, 0.29) is 11.9 Å². The van der Waals surface area contributed by atoms with Gasteiger partial charge >= 0.3 is 0 Å². The molecule has 2 heterocycles. The van der Waals surface area contributed by atoms with E-state index >= 15 is 0 Å². The summed E-state index contributed by atoms with van der Waals surface area (Å²) in [7, 11) is 0. The number of rotatable bonds is 3. The summed E-state index contributed by atoms with van der Waals surface area (Å²) in [5, 5.41) is 0. The summed E-state index contributed by atoms with van der Waals surface area (Å²) in [6, 6.07) is 3.98. The lowest BCUT2D eigenvalue weighted by molar-refractivity contribution is 0.0697. The first kappa shape index (κ1) is 12.2. The smallest absolute Gasteiger partial charge is 0.270 e. The Morgan fingerprint density at radius 2 is 2.41 bits per heavy atom. The van der Waals surface area contributed by atoms with E-state index in [1.54, 1.807) is 0 Å². The number of nitrogens with two attached hydrogens (primary N) is 1. The van der Waals surface area contributed by atoms with Crippen LogP contribution in [0.5, 0.6) is 0 Å². The molecular formula is C13H21N3O. The molecule has 0 unspecified atom stereocenters. The summed E-state index contributed by atoms with van der Waals surface area (Å²) in [5.74, 6) is 0.124. The fraction of sp³-hybridized carbons (Fsp3) is 0.615. The second kappa shape index (κ2) is 5.36. The number of carbonyl (C=O) groups is 1. The van der Waals surface area contributed by atoms with E-state index in [4.69, 9.17) is 5.73 Å². The highest BCUT2D eigenvalue weighted by Gasteiger charge is 2.23. The van der Waals surface area contributed by atoms with Crippen molar-refractivity contribution in [2.45, 2.75) is 38.8 Å². The van der Waals surface area contributed by atoms with Gasteiger partial charge < -0.3 is 15.2 Å². The number of aromatic nitrogens is 1. The topological polar surface area (TPSA) is 51.3 Å². The summed E-state index contributed by atoms with van der Waals surface area (Å²) in [5.41, 5.74) is 6.70. The van der Waals surface area contributed by atoms with Crippen LogP contribution in [0.3, 0.4) is 0 Å². The van der Waals surface area contributed by atoms with E-state index in [1.807, 2.05) is 27.8 Å². The molecule has 4 heteroatoms. The average molecular weight is 235 g/mol. The quantitative estimate of drug-likeness (QED) is 0.862. The fourth-order valence-corrected chi connectivity index (χ4v) is 2.40. The molecule has 1 atom stereocenters. The minimum Gasteiger partial charge on any atom is -0.344 e. The summed E-state index contributed by atoms with van der Waals surface area (Å²) in [6.07, 6.45) is 5.05. The number of likely N-dealkylation sites (tertiary alicyclic amines) is 1. The lowest BCUT2D eigenvalue weighted by Crippen LogP contribution is -2.46. The zero-order valence-corrected chi connectivity index (χ0v) is 10.4. The van der Waals surface area contributed by atoms with Crippen LogP contribution in [0.4, 0.5) is 0 Å². The number of hydrogen-bond acceptors (Lipinski definition) is 2. The molecule has 0 radical (unpaired) electrons. The second-order valence-corrected chi connectivity index (χ2v) is 4.74. The van der Waals surface area contributed by atoms with Crippen LogP contribution >= 0.6 is 0 Å². The summed E-state index contributed by atoms with van der Waals surface area (Å²) < 4.78 is 2.03. The Balaban J connectivity index is 2.10. The second-order valence-electron chi connectivity index (χ2n) is 4.74. The van der Waals surface area contributed by atoms with E-state index < -0.39 is 0 Å². The molecule has 1 aliphatic heterocycles. The van der Waals surface area contributed by atoms with Crippen LogP contribution in [0.25, 0.3) is 0 Å². The van der Waals surface area contributed by atoms with Crippen molar-refractivity contribution < 1.29 is 4.79 Å². The van der Waals surface area contributed by atoms with Gasteiger partial charge in [0.2, 0.25) is 0 Å². The number of hydrogen-bond donors (Lipinski definition) is 1. The van der Waals surface area contributed by atoms with E-state index in [9.17, 15) is 4.79 Å². The number of amides is 1. The first-order chi connectivity index (χ1) is 8.22. The monoisotopic (exact) mass is 235 g/mol. The molecule has 1 aromatic heterocycles. The Morgan fingerprint density at radius 1 is 1.59 bits per heavy atom. The molecule has 0 spiro atoms. The highest BCUT2D eigenvalue weighted by molar-refractivity contribution is 5.92. The molecular weight excluding hydrogens is 214 g/mol. The predicted octanol–water partition coefficient (Wildman–Crippen LogP) is 1.46. The molecule has 17 heavy (non-hydrogen) atoms. The zero-order valence-electron chi connectivity index (χ0n) is 10.4. The maximum atomic E-state index is 12.4. The highest BCUT2D eigenvalue weighted by Crippen LogP contribution is 2.13. The lowest BCUT2D eigenvalue weighted by Gasteiger charge is -2.31. The lowest BCUT2D eigenvalue weighted by atomic mass is 10.1. The Morgan fingerprint density at radius 3 is 3.12 bits per heavy atom. The number of piperidine rings is 1. The molecule has 1 aliphatic rings. The third kappa shape index (κ3) is 2.69. The fourth-order valence-electron chi connectivity index (χ4n) is 2.40. The van der Waals surface area contributed by atoms with Crippen LogP contribution in [-0.2, 0) is 6.54 Å². The molecule has 4 nitrogen and oxygen atoms in total. The summed E-state index contributed by atoms with van der Waals surface area (Å²) in [4.78, 5) is 14.2. The molecule has 1 aromatic rings. The maximum Gasteiger partial charge on any atom is 0.270 e. The molecule has 1 saturated heterocycles. The normalized spacial score (nSPS) is 20.6. The summed E-state index contributed by atoms with van der Waals surface area (Å²) >= 11 is 0. The van der Waals surface area contributed by atoms with Gasteiger partial charge in [-0.15, -0.1) is 0 Å². The van der Waals surface area contributed by atoms with Crippen molar-refractivity contribution in [3.05, 3.63) is 24.0 Å². The predicted molar refractivity (Wildman–Crippen MR) is 67.8 cm³/mol. The van der Waals surface area contributed by atoms with Crippen LogP contribution in [0.1, 0.15) is 36.7 Å². The van der Waals surface area contributed by atoms with Gasteiger partial charge in [0.05, 0.1) is 0 Å². The highest BCUT2D eigenvalue weighted by atomic mass is 16.2. The Kier molecular flexibility index (Phi) is 3.84. The minimum atomic E-state index is 0.124. The summed E-state index contributed by atoms with van der Waals surface area (Å²) in [6.45, 7) is 4.54. The van der Waals surface area contributed by atoms with Crippen LogP contribution in [0.15, 0.2) is 18.3 Å². The van der Waals surface area contributed by atoms with Gasteiger partial charge in [-0.05, 0) is 31.4 Å². The molecule has 1 amide bonds. The average Bonchev–Trinajstić information content (AvgIpc) is 2.77.